The molecular formula is C22H19F3N4O4. The summed E-state index contributed by atoms with van der Waals surface area (Å²) in [5.41, 5.74) is -0.0321. The van der Waals surface area contributed by atoms with E-state index in [0.717, 1.165) is 12.1 Å². The van der Waals surface area contributed by atoms with E-state index in [0.29, 0.717) is 49.0 Å². The van der Waals surface area contributed by atoms with Crippen molar-refractivity contribution in [1.82, 2.24) is 19.8 Å². The molecule has 1 fully saturated rings. The molecule has 0 saturated carbocycles. The molecule has 172 valence electrons. The van der Waals surface area contributed by atoms with Crippen LogP contribution in [0.5, 0.6) is 11.6 Å². The monoisotopic (exact) mass is 460 g/mol. The van der Waals surface area contributed by atoms with Crippen molar-refractivity contribution in [2.24, 2.45) is 0 Å². The first-order valence-electron chi connectivity index (χ1n) is 9.99. The number of piperazine rings is 1. The molecular weight excluding hydrogens is 441 g/mol. The minimum absolute atomic E-state index is 0.0215. The number of rotatable bonds is 3. The van der Waals surface area contributed by atoms with Crippen LogP contribution in [0.4, 0.5) is 18.0 Å². The molecule has 0 bridgehead atoms. The van der Waals surface area contributed by atoms with Gasteiger partial charge in [-0.05, 0) is 30.3 Å². The maximum Gasteiger partial charge on any atom is 0.417 e. The first kappa shape index (κ1) is 22.3. The fourth-order valence-electron chi connectivity index (χ4n) is 3.40. The molecule has 4 rings (SSSR count). The van der Waals surface area contributed by atoms with Gasteiger partial charge < -0.3 is 19.3 Å². The number of nitrogens with zero attached hydrogens (tertiary/aromatic N) is 4. The van der Waals surface area contributed by atoms with Gasteiger partial charge in [-0.2, -0.15) is 13.2 Å². The molecule has 0 spiro atoms. The fourth-order valence-corrected chi connectivity index (χ4v) is 3.40. The highest BCUT2D eigenvalue weighted by atomic mass is 19.4. The molecule has 0 N–H and O–H groups in total. The molecule has 1 saturated heterocycles. The van der Waals surface area contributed by atoms with Crippen molar-refractivity contribution < 1.29 is 32.2 Å². The Morgan fingerprint density at radius 3 is 2.33 bits per heavy atom. The van der Waals surface area contributed by atoms with Gasteiger partial charge in [-0.3, -0.25) is 4.79 Å². The highest BCUT2D eigenvalue weighted by molar-refractivity contribution is 5.95. The van der Waals surface area contributed by atoms with Gasteiger partial charge in [0.25, 0.3) is 5.91 Å². The lowest BCUT2D eigenvalue weighted by molar-refractivity contribution is -0.137. The molecule has 2 amide bonds. The molecule has 0 atom stereocenters. The van der Waals surface area contributed by atoms with Crippen molar-refractivity contribution in [2.75, 3.05) is 33.3 Å². The van der Waals surface area contributed by atoms with Crippen LogP contribution in [-0.2, 0) is 10.9 Å². The van der Waals surface area contributed by atoms with E-state index in [-0.39, 0.29) is 17.5 Å². The number of alkyl halides is 3. The third kappa shape index (κ3) is 4.97. The third-order valence-electron chi connectivity index (χ3n) is 5.17. The fraction of sp³-hybridized carbons (Fsp3) is 0.273. The van der Waals surface area contributed by atoms with E-state index in [1.165, 1.54) is 12.0 Å². The first-order chi connectivity index (χ1) is 15.7. The summed E-state index contributed by atoms with van der Waals surface area (Å²) in [5.74, 6) is 0.151. The Labute approximate surface area is 186 Å². The van der Waals surface area contributed by atoms with Gasteiger partial charge in [-0.1, -0.05) is 6.07 Å². The topological polar surface area (TPSA) is 84.9 Å². The van der Waals surface area contributed by atoms with Crippen LogP contribution in [0, 0.1) is 0 Å². The van der Waals surface area contributed by atoms with Gasteiger partial charge in [0.15, 0.2) is 0 Å². The van der Waals surface area contributed by atoms with Gasteiger partial charge in [0, 0.05) is 43.8 Å². The van der Waals surface area contributed by atoms with Crippen LogP contribution in [0.1, 0.15) is 16.1 Å². The highest BCUT2D eigenvalue weighted by Crippen LogP contribution is 2.30. The van der Waals surface area contributed by atoms with Crippen molar-refractivity contribution in [3.63, 3.8) is 0 Å². The summed E-state index contributed by atoms with van der Waals surface area (Å²) in [6.07, 6.45) is -4.18. The molecule has 0 unspecified atom stereocenters. The molecule has 11 heteroatoms. The number of aromatic nitrogens is 2. The number of pyridine rings is 2. The molecule has 1 aliphatic rings. The van der Waals surface area contributed by atoms with Gasteiger partial charge in [0.1, 0.15) is 11.4 Å². The molecule has 8 nitrogen and oxygen atoms in total. The Morgan fingerprint density at radius 1 is 0.970 bits per heavy atom. The van der Waals surface area contributed by atoms with Gasteiger partial charge in [0.05, 0.1) is 18.2 Å². The molecule has 1 aromatic carbocycles. The zero-order valence-electron chi connectivity index (χ0n) is 17.5. The van der Waals surface area contributed by atoms with E-state index >= 15 is 0 Å². The van der Waals surface area contributed by atoms with Gasteiger partial charge >= 0.3 is 12.3 Å². The zero-order chi connectivity index (χ0) is 23.6. The minimum Gasteiger partial charge on any atom is -0.453 e. The van der Waals surface area contributed by atoms with Crippen LogP contribution in [0.25, 0.3) is 10.9 Å². The molecule has 3 aromatic rings. The van der Waals surface area contributed by atoms with E-state index in [1.807, 2.05) is 0 Å². The van der Waals surface area contributed by atoms with Crippen molar-refractivity contribution in [1.29, 1.82) is 0 Å². The predicted octanol–water partition coefficient (Wildman–Crippen LogP) is 3.97. The number of benzene rings is 1. The van der Waals surface area contributed by atoms with Crippen molar-refractivity contribution in [3.8, 4) is 11.6 Å². The first-order valence-corrected chi connectivity index (χ1v) is 9.99. The predicted molar refractivity (Wildman–Crippen MR) is 111 cm³/mol. The van der Waals surface area contributed by atoms with Gasteiger partial charge in [-0.25, -0.2) is 14.8 Å². The van der Waals surface area contributed by atoms with Crippen LogP contribution >= 0.6 is 0 Å². The second kappa shape index (κ2) is 8.93. The van der Waals surface area contributed by atoms with Crippen molar-refractivity contribution in [2.45, 2.75) is 6.18 Å². The Morgan fingerprint density at radius 2 is 1.70 bits per heavy atom. The summed E-state index contributed by atoms with van der Waals surface area (Å²) >= 11 is 0. The number of hydrogen-bond acceptors (Lipinski definition) is 6. The number of carbonyl (C=O) groups excluding carboxylic acids is 2. The number of halogens is 3. The summed E-state index contributed by atoms with van der Waals surface area (Å²) in [6, 6.07) is 10.3. The SMILES string of the molecule is COC(=O)N1CCN(C(=O)c2ccc3cc(Oc4ccc(C(F)(F)F)cn4)ccc3n2)CC1. The standard InChI is InChI=1S/C22H19F3N4O4/c1-32-21(31)29-10-8-28(9-11-29)20(30)18-5-2-14-12-16(4-6-17(14)27-18)33-19-7-3-15(13-26-19)22(23,24)25/h2-7,12-13H,8-11H2,1H3. The molecule has 0 radical (unpaired) electrons. The summed E-state index contributed by atoms with van der Waals surface area (Å²) in [5, 5.41) is 0.687. The highest BCUT2D eigenvalue weighted by Gasteiger charge is 2.30. The Hall–Kier alpha value is -3.89. The van der Waals surface area contributed by atoms with Gasteiger partial charge in [0.2, 0.25) is 5.88 Å². The number of ether oxygens (including phenoxy) is 2. The molecule has 0 aliphatic carbocycles. The lowest BCUT2D eigenvalue weighted by atomic mass is 10.1. The number of methoxy groups -OCH3 is 1. The Bertz CT molecular complexity index is 1180. The summed E-state index contributed by atoms with van der Waals surface area (Å²) in [6.45, 7) is 1.51. The zero-order valence-corrected chi connectivity index (χ0v) is 17.5. The number of fused-ring (bicyclic) bond motifs is 1. The average molecular weight is 460 g/mol. The molecule has 2 aromatic heterocycles. The summed E-state index contributed by atoms with van der Waals surface area (Å²) in [7, 11) is 1.31. The summed E-state index contributed by atoms with van der Waals surface area (Å²) in [4.78, 5) is 35.7. The van der Waals surface area contributed by atoms with Crippen LogP contribution in [0.15, 0.2) is 48.7 Å². The summed E-state index contributed by atoms with van der Waals surface area (Å²) < 4.78 is 48.2. The van der Waals surface area contributed by atoms with Crippen LogP contribution in [0.2, 0.25) is 0 Å². The number of hydrogen-bond donors (Lipinski definition) is 0. The van der Waals surface area contributed by atoms with E-state index in [9.17, 15) is 22.8 Å². The van der Waals surface area contributed by atoms with E-state index in [4.69, 9.17) is 9.47 Å². The normalized spacial score (nSPS) is 14.3. The van der Waals surface area contributed by atoms with E-state index in [2.05, 4.69) is 9.97 Å². The molecule has 1 aliphatic heterocycles. The third-order valence-corrected chi connectivity index (χ3v) is 5.17. The van der Waals surface area contributed by atoms with Crippen LogP contribution in [-0.4, -0.2) is 65.1 Å². The van der Waals surface area contributed by atoms with Gasteiger partial charge in [-0.15, -0.1) is 0 Å². The second-order valence-electron chi connectivity index (χ2n) is 7.29. The number of carbonyl (C=O) groups is 2. The second-order valence-corrected chi connectivity index (χ2v) is 7.29. The minimum atomic E-state index is -4.47. The van der Waals surface area contributed by atoms with E-state index in [1.54, 1.807) is 35.2 Å². The molecule has 33 heavy (non-hydrogen) atoms. The maximum atomic E-state index is 12.8. The van der Waals surface area contributed by atoms with Crippen LogP contribution in [0.3, 0.4) is 0 Å². The maximum absolute atomic E-state index is 12.8. The van der Waals surface area contributed by atoms with E-state index < -0.39 is 17.8 Å². The number of amides is 2. The van der Waals surface area contributed by atoms with Crippen molar-refractivity contribution >= 4 is 22.9 Å². The lowest BCUT2D eigenvalue weighted by Gasteiger charge is -2.33. The van der Waals surface area contributed by atoms with Crippen LogP contribution < -0.4 is 4.74 Å². The average Bonchev–Trinajstić information content (AvgIpc) is 2.82. The Balaban J connectivity index is 1.44. The van der Waals surface area contributed by atoms with Crippen molar-refractivity contribution in [3.05, 3.63) is 59.9 Å². The Kier molecular flexibility index (Phi) is 6.03. The largest absolute Gasteiger partial charge is 0.453 e. The quantitative estimate of drug-likeness (QED) is 0.588. The lowest BCUT2D eigenvalue weighted by Crippen LogP contribution is -2.50. The smallest absolute Gasteiger partial charge is 0.417 e. The molecule has 3 heterocycles.